The number of nitrogens with one attached hydrogen (secondary N) is 2. The number of rotatable bonds is 6. The predicted octanol–water partition coefficient (Wildman–Crippen LogP) is 0.337. The zero-order valence-electron chi connectivity index (χ0n) is 12.6. The van der Waals surface area contributed by atoms with Crippen LogP contribution in [0.3, 0.4) is 0 Å². The number of aliphatic hydroxyl groups excluding tert-OH is 1. The molecule has 0 spiro atoms. The zero-order valence-corrected chi connectivity index (χ0v) is 12.6. The van der Waals surface area contributed by atoms with Gasteiger partial charge in [-0.05, 0) is 32.6 Å². The van der Waals surface area contributed by atoms with Crippen molar-refractivity contribution < 1.29 is 19.4 Å². The van der Waals surface area contributed by atoms with Crippen LogP contribution in [0.2, 0.25) is 0 Å². The predicted molar refractivity (Wildman–Crippen MR) is 77.6 cm³/mol. The van der Waals surface area contributed by atoms with Gasteiger partial charge in [0.1, 0.15) is 6.10 Å². The summed E-state index contributed by atoms with van der Waals surface area (Å²) in [4.78, 5) is 23.6. The smallest absolute Gasteiger partial charge is 0.223 e. The summed E-state index contributed by atoms with van der Waals surface area (Å²) in [6, 6.07) is -0.145. The molecule has 0 aromatic carbocycles. The highest BCUT2D eigenvalue weighted by Gasteiger charge is 2.35. The first kappa shape index (κ1) is 16.2. The summed E-state index contributed by atoms with van der Waals surface area (Å²) in [5.74, 6) is 0.184. The molecule has 2 fully saturated rings. The summed E-state index contributed by atoms with van der Waals surface area (Å²) < 4.78 is 5.77. The summed E-state index contributed by atoms with van der Waals surface area (Å²) >= 11 is 0. The Morgan fingerprint density at radius 2 is 2.00 bits per heavy atom. The number of carbonyl (C=O) groups excluding carboxylic acids is 2. The number of aliphatic hydroxyl groups is 1. The summed E-state index contributed by atoms with van der Waals surface area (Å²) in [6.07, 6.45) is 4.24. The van der Waals surface area contributed by atoms with Gasteiger partial charge in [-0.2, -0.15) is 0 Å². The van der Waals surface area contributed by atoms with Crippen LogP contribution in [0.15, 0.2) is 0 Å². The molecule has 21 heavy (non-hydrogen) atoms. The highest BCUT2D eigenvalue weighted by atomic mass is 16.5. The van der Waals surface area contributed by atoms with Gasteiger partial charge >= 0.3 is 0 Å². The van der Waals surface area contributed by atoms with E-state index >= 15 is 0 Å². The van der Waals surface area contributed by atoms with Gasteiger partial charge in [-0.25, -0.2) is 0 Å². The molecular formula is C15H26N2O4. The van der Waals surface area contributed by atoms with E-state index in [2.05, 4.69) is 10.6 Å². The van der Waals surface area contributed by atoms with E-state index < -0.39 is 6.10 Å². The molecule has 2 rings (SSSR count). The van der Waals surface area contributed by atoms with Crippen LogP contribution in [-0.2, 0) is 14.3 Å². The van der Waals surface area contributed by atoms with Crippen LogP contribution < -0.4 is 10.6 Å². The molecule has 0 aromatic rings. The fraction of sp³-hybridized carbons (Fsp3) is 0.867. The molecule has 1 saturated carbocycles. The van der Waals surface area contributed by atoms with Crippen molar-refractivity contribution in [1.29, 1.82) is 0 Å². The lowest BCUT2D eigenvalue weighted by Gasteiger charge is -2.37. The van der Waals surface area contributed by atoms with E-state index in [0.29, 0.717) is 13.0 Å². The molecule has 3 N–H and O–H groups in total. The van der Waals surface area contributed by atoms with Gasteiger partial charge in [0.25, 0.3) is 0 Å². The number of amides is 2. The Hall–Kier alpha value is -1.14. The largest absolute Gasteiger partial charge is 0.394 e. The van der Waals surface area contributed by atoms with E-state index in [9.17, 15) is 14.7 Å². The lowest BCUT2D eigenvalue weighted by molar-refractivity contribution is -0.138. The molecule has 6 nitrogen and oxygen atoms in total. The van der Waals surface area contributed by atoms with Gasteiger partial charge in [-0.15, -0.1) is 0 Å². The molecule has 1 saturated heterocycles. The second-order valence-corrected chi connectivity index (χ2v) is 5.96. The lowest BCUT2D eigenvalue weighted by Crippen LogP contribution is -2.53. The second kappa shape index (κ2) is 7.75. The van der Waals surface area contributed by atoms with Gasteiger partial charge in [0.2, 0.25) is 11.8 Å². The molecule has 3 atom stereocenters. The molecule has 0 unspecified atom stereocenters. The number of hydrogen-bond acceptors (Lipinski definition) is 4. The SMILES string of the molecule is CCNC(=O)C[C@H]1CC[C@H](NC(=O)C2CCC2)[C@@H](CO)O1. The van der Waals surface area contributed by atoms with Crippen molar-refractivity contribution in [3.63, 3.8) is 0 Å². The fourth-order valence-corrected chi connectivity index (χ4v) is 2.89. The Balaban J connectivity index is 1.80. The van der Waals surface area contributed by atoms with Gasteiger partial charge < -0.3 is 20.5 Å². The van der Waals surface area contributed by atoms with Crippen LogP contribution >= 0.6 is 0 Å². The Morgan fingerprint density at radius 1 is 1.24 bits per heavy atom. The van der Waals surface area contributed by atoms with E-state index in [1.165, 1.54) is 0 Å². The van der Waals surface area contributed by atoms with Crippen LogP contribution in [0.4, 0.5) is 0 Å². The quantitative estimate of drug-likeness (QED) is 0.660. The summed E-state index contributed by atoms with van der Waals surface area (Å²) in [6.45, 7) is 2.35. The van der Waals surface area contributed by atoms with Crippen molar-refractivity contribution in [3.05, 3.63) is 0 Å². The first-order valence-corrected chi connectivity index (χ1v) is 7.97. The van der Waals surface area contributed by atoms with Crippen LogP contribution in [0.25, 0.3) is 0 Å². The minimum atomic E-state index is -0.415. The van der Waals surface area contributed by atoms with Crippen molar-refractivity contribution in [2.75, 3.05) is 13.2 Å². The van der Waals surface area contributed by atoms with Gasteiger partial charge in [0.05, 0.1) is 25.2 Å². The van der Waals surface area contributed by atoms with Gasteiger partial charge in [0, 0.05) is 12.5 Å². The minimum Gasteiger partial charge on any atom is -0.394 e. The highest BCUT2D eigenvalue weighted by Crippen LogP contribution is 2.28. The normalized spacial score (nSPS) is 29.5. The van der Waals surface area contributed by atoms with E-state index in [1.54, 1.807) is 0 Å². The summed E-state index contributed by atoms with van der Waals surface area (Å²) in [5, 5.41) is 15.2. The Kier molecular flexibility index (Phi) is 5.99. The maximum Gasteiger partial charge on any atom is 0.223 e. The van der Waals surface area contributed by atoms with Crippen molar-refractivity contribution in [2.45, 2.75) is 63.7 Å². The number of ether oxygens (including phenoxy) is 1. The van der Waals surface area contributed by atoms with E-state index in [1.807, 2.05) is 6.92 Å². The third-order valence-corrected chi connectivity index (χ3v) is 4.39. The van der Waals surface area contributed by atoms with Crippen LogP contribution in [0.5, 0.6) is 0 Å². The molecule has 1 heterocycles. The average Bonchev–Trinajstić information content (AvgIpc) is 2.38. The molecular weight excluding hydrogens is 272 g/mol. The first-order valence-electron chi connectivity index (χ1n) is 7.97. The highest BCUT2D eigenvalue weighted by molar-refractivity contribution is 5.79. The molecule has 2 aliphatic rings. The van der Waals surface area contributed by atoms with Gasteiger partial charge in [-0.3, -0.25) is 9.59 Å². The first-order chi connectivity index (χ1) is 10.1. The fourth-order valence-electron chi connectivity index (χ4n) is 2.89. The lowest BCUT2D eigenvalue weighted by atomic mass is 9.84. The van der Waals surface area contributed by atoms with Gasteiger partial charge in [0.15, 0.2) is 0 Å². The maximum atomic E-state index is 12.0. The number of hydrogen-bond donors (Lipinski definition) is 3. The van der Waals surface area contributed by atoms with Crippen molar-refractivity contribution in [3.8, 4) is 0 Å². The molecule has 1 aliphatic heterocycles. The minimum absolute atomic E-state index is 0.0313. The monoisotopic (exact) mass is 298 g/mol. The Labute approximate surface area is 125 Å². The number of carbonyl (C=O) groups is 2. The third kappa shape index (κ3) is 4.41. The van der Waals surface area contributed by atoms with Crippen molar-refractivity contribution in [2.24, 2.45) is 5.92 Å². The van der Waals surface area contributed by atoms with Crippen LogP contribution in [0.1, 0.15) is 45.4 Å². The maximum absolute atomic E-state index is 12.0. The second-order valence-electron chi connectivity index (χ2n) is 5.96. The topological polar surface area (TPSA) is 87.7 Å². The molecule has 120 valence electrons. The van der Waals surface area contributed by atoms with Crippen molar-refractivity contribution in [1.82, 2.24) is 10.6 Å². The van der Waals surface area contributed by atoms with Crippen LogP contribution in [-0.4, -0.2) is 48.3 Å². The molecule has 1 aliphatic carbocycles. The van der Waals surface area contributed by atoms with E-state index in [0.717, 1.165) is 32.1 Å². The van der Waals surface area contributed by atoms with Crippen molar-refractivity contribution >= 4 is 11.8 Å². The molecule has 2 amide bonds. The average molecular weight is 298 g/mol. The zero-order chi connectivity index (χ0) is 15.2. The third-order valence-electron chi connectivity index (χ3n) is 4.39. The summed E-state index contributed by atoms with van der Waals surface area (Å²) in [7, 11) is 0. The molecule has 0 bridgehead atoms. The Morgan fingerprint density at radius 3 is 2.57 bits per heavy atom. The van der Waals surface area contributed by atoms with Gasteiger partial charge in [-0.1, -0.05) is 6.42 Å². The molecule has 0 radical (unpaired) electrons. The molecule has 0 aromatic heterocycles. The summed E-state index contributed by atoms with van der Waals surface area (Å²) in [5.41, 5.74) is 0. The molecule has 6 heteroatoms. The van der Waals surface area contributed by atoms with Crippen LogP contribution in [0, 0.1) is 5.92 Å². The van der Waals surface area contributed by atoms with E-state index in [4.69, 9.17) is 4.74 Å². The standard InChI is InChI=1S/C15H26N2O4/c1-2-16-14(19)8-11-6-7-12(13(9-18)21-11)17-15(20)10-4-3-5-10/h10-13,18H,2-9H2,1H3,(H,16,19)(H,17,20)/t11-,12+,13-/m1/s1. The Bertz CT molecular complexity index is 371. The van der Waals surface area contributed by atoms with E-state index in [-0.39, 0.29) is 36.5 Å².